The Labute approximate surface area is 73.8 Å². The molecule has 0 atom stereocenters. The van der Waals surface area contributed by atoms with Crippen LogP contribution in [0.25, 0.3) is 0 Å². The quantitative estimate of drug-likeness (QED) is 0.440. The molecule has 0 amide bonds. The number of nitro groups is 1. The van der Waals surface area contributed by atoms with Crippen molar-refractivity contribution in [2.45, 2.75) is 0 Å². The summed E-state index contributed by atoms with van der Waals surface area (Å²) in [6.45, 7) is 0. The zero-order valence-corrected chi connectivity index (χ0v) is 6.85. The van der Waals surface area contributed by atoms with Gasteiger partial charge < -0.3 is 4.74 Å². The summed E-state index contributed by atoms with van der Waals surface area (Å²) in [5, 5.41) is 13.5. The summed E-state index contributed by atoms with van der Waals surface area (Å²) in [6, 6.07) is 4.11. The molecule has 0 radical (unpaired) electrons. The molecule has 13 heavy (non-hydrogen) atoms. The lowest BCUT2D eigenvalue weighted by molar-refractivity contribution is -0.384. The van der Waals surface area contributed by atoms with E-state index in [1.807, 2.05) is 0 Å². The normalized spacial score (nSPS) is 9.31. The molecule has 1 aromatic carbocycles. The Morgan fingerprint density at radius 2 is 2.31 bits per heavy atom. The summed E-state index contributed by atoms with van der Waals surface area (Å²) in [6.07, 6.45) is 0. The molecule has 0 bridgehead atoms. The van der Waals surface area contributed by atoms with E-state index in [2.05, 4.69) is 5.11 Å². The highest BCUT2D eigenvalue weighted by Gasteiger charge is 2.14. The van der Waals surface area contributed by atoms with Gasteiger partial charge in [-0.2, -0.15) is 5.11 Å². The van der Waals surface area contributed by atoms with Crippen molar-refractivity contribution in [3.63, 3.8) is 0 Å². The lowest BCUT2D eigenvalue weighted by Crippen LogP contribution is -1.90. The van der Waals surface area contributed by atoms with Crippen LogP contribution in [0.1, 0.15) is 0 Å². The molecule has 0 aliphatic carbocycles. The number of ether oxygens (including phenoxy) is 1. The van der Waals surface area contributed by atoms with Crippen LogP contribution in [0.3, 0.4) is 0 Å². The Hall–Kier alpha value is -1.98. The van der Waals surface area contributed by atoms with Crippen molar-refractivity contribution in [2.24, 2.45) is 5.11 Å². The van der Waals surface area contributed by atoms with Gasteiger partial charge in [-0.1, -0.05) is 0 Å². The van der Waals surface area contributed by atoms with Gasteiger partial charge in [0.1, 0.15) is 5.75 Å². The van der Waals surface area contributed by atoms with E-state index < -0.39 is 4.92 Å². The molecule has 0 saturated heterocycles. The molecule has 0 heterocycles. The van der Waals surface area contributed by atoms with E-state index in [1.54, 1.807) is 0 Å². The standard InChI is InChI=1S/C7H7N3O3/c1-13-5-2-3-6(9-8)7(4-5)10(11)12/h2-4,8H,1H3. The van der Waals surface area contributed by atoms with Gasteiger partial charge >= 0.3 is 0 Å². The fraction of sp³-hybridized carbons (Fsp3) is 0.143. The van der Waals surface area contributed by atoms with Gasteiger partial charge in [-0.05, 0) is 12.1 Å². The molecule has 6 nitrogen and oxygen atoms in total. The van der Waals surface area contributed by atoms with Gasteiger partial charge in [-0.3, -0.25) is 10.1 Å². The van der Waals surface area contributed by atoms with Crippen LogP contribution in [0.4, 0.5) is 11.4 Å². The first-order valence-electron chi connectivity index (χ1n) is 3.39. The van der Waals surface area contributed by atoms with Gasteiger partial charge in [0.15, 0.2) is 5.69 Å². The van der Waals surface area contributed by atoms with E-state index in [-0.39, 0.29) is 11.4 Å². The van der Waals surface area contributed by atoms with Crippen LogP contribution in [0.5, 0.6) is 5.75 Å². The number of nitrogens with one attached hydrogen (secondary N) is 1. The summed E-state index contributed by atoms with van der Waals surface area (Å²) >= 11 is 0. The lowest BCUT2D eigenvalue weighted by atomic mass is 10.2. The first kappa shape index (κ1) is 9.11. The molecule has 0 fully saturated rings. The minimum atomic E-state index is -0.601. The second kappa shape index (κ2) is 3.61. The Morgan fingerprint density at radius 1 is 1.62 bits per heavy atom. The lowest BCUT2D eigenvalue weighted by Gasteiger charge is -1.99. The van der Waals surface area contributed by atoms with Crippen molar-refractivity contribution in [1.29, 1.82) is 5.53 Å². The highest BCUT2D eigenvalue weighted by Crippen LogP contribution is 2.30. The minimum Gasteiger partial charge on any atom is -0.496 e. The molecule has 68 valence electrons. The minimum absolute atomic E-state index is 0.0193. The predicted molar refractivity (Wildman–Crippen MR) is 44.5 cm³/mol. The number of rotatable bonds is 3. The summed E-state index contributed by atoms with van der Waals surface area (Å²) in [7, 11) is 1.41. The van der Waals surface area contributed by atoms with Crippen LogP contribution in [-0.4, -0.2) is 12.0 Å². The molecule has 6 heteroatoms. The highest BCUT2D eigenvalue weighted by atomic mass is 16.6. The van der Waals surface area contributed by atoms with Crippen molar-refractivity contribution >= 4 is 11.4 Å². The predicted octanol–water partition coefficient (Wildman–Crippen LogP) is 2.27. The number of nitrogens with zero attached hydrogens (tertiary/aromatic N) is 2. The summed E-state index contributed by atoms with van der Waals surface area (Å²) in [4.78, 5) is 9.85. The molecular formula is C7H7N3O3. The van der Waals surface area contributed by atoms with E-state index in [1.165, 1.54) is 25.3 Å². The molecule has 1 aromatic rings. The first-order chi connectivity index (χ1) is 6.19. The van der Waals surface area contributed by atoms with Crippen molar-refractivity contribution < 1.29 is 9.66 Å². The summed E-state index contributed by atoms with van der Waals surface area (Å²) < 4.78 is 4.80. The Balaban J connectivity index is 3.25. The van der Waals surface area contributed by atoms with Crippen molar-refractivity contribution in [1.82, 2.24) is 0 Å². The molecule has 0 aliphatic heterocycles. The Morgan fingerprint density at radius 3 is 2.77 bits per heavy atom. The van der Waals surface area contributed by atoms with Crippen molar-refractivity contribution in [2.75, 3.05) is 7.11 Å². The van der Waals surface area contributed by atoms with Crippen LogP contribution >= 0.6 is 0 Å². The first-order valence-corrected chi connectivity index (χ1v) is 3.39. The van der Waals surface area contributed by atoms with E-state index in [9.17, 15) is 10.1 Å². The van der Waals surface area contributed by atoms with Crippen LogP contribution in [0, 0.1) is 15.6 Å². The molecular weight excluding hydrogens is 174 g/mol. The topological polar surface area (TPSA) is 88.6 Å². The third-order valence-corrected chi connectivity index (χ3v) is 1.50. The summed E-state index contributed by atoms with van der Waals surface area (Å²) in [5.41, 5.74) is 6.48. The third-order valence-electron chi connectivity index (χ3n) is 1.50. The second-order valence-electron chi connectivity index (χ2n) is 2.22. The SMILES string of the molecule is COc1ccc(N=N)c([N+](=O)[O-])c1. The maximum absolute atomic E-state index is 10.5. The zero-order chi connectivity index (χ0) is 9.84. The molecule has 1 N–H and O–H groups in total. The van der Waals surface area contributed by atoms with Crippen molar-refractivity contribution in [3.8, 4) is 5.75 Å². The number of hydrogen-bond donors (Lipinski definition) is 1. The maximum Gasteiger partial charge on any atom is 0.300 e. The molecule has 0 spiro atoms. The van der Waals surface area contributed by atoms with Crippen molar-refractivity contribution in [3.05, 3.63) is 28.3 Å². The van der Waals surface area contributed by atoms with Gasteiger partial charge in [-0.25, -0.2) is 5.53 Å². The highest BCUT2D eigenvalue weighted by molar-refractivity contribution is 5.59. The van der Waals surface area contributed by atoms with E-state index in [4.69, 9.17) is 10.3 Å². The largest absolute Gasteiger partial charge is 0.496 e. The van der Waals surface area contributed by atoms with Gasteiger partial charge in [0.2, 0.25) is 0 Å². The fourth-order valence-corrected chi connectivity index (χ4v) is 0.871. The van der Waals surface area contributed by atoms with Crippen LogP contribution in [-0.2, 0) is 0 Å². The van der Waals surface area contributed by atoms with Gasteiger partial charge in [-0.15, -0.1) is 0 Å². The number of hydrogen-bond acceptors (Lipinski definition) is 5. The number of methoxy groups -OCH3 is 1. The molecule has 1 rings (SSSR count). The number of nitro benzene ring substituents is 1. The van der Waals surface area contributed by atoms with Crippen LogP contribution in [0.2, 0.25) is 0 Å². The average molecular weight is 181 g/mol. The maximum atomic E-state index is 10.5. The molecule has 0 unspecified atom stereocenters. The zero-order valence-electron chi connectivity index (χ0n) is 6.85. The molecule has 0 aromatic heterocycles. The van der Waals surface area contributed by atoms with Gasteiger partial charge in [0.05, 0.1) is 18.1 Å². The third kappa shape index (κ3) is 1.78. The summed E-state index contributed by atoms with van der Waals surface area (Å²) in [5.74, 6) is 0.374. The van der Waals surface area contributed by atoms with E-state index >= 15 is 0 Å². The van der Waals surface area contributed by atoms with Gasteiger partial charge in [0.25, 0.3) is 5.69 Å². The Bertz CT molecular complexity index is 351. The second-order valence-corrected chi connectivity index (χ2v) is 2.22. The molecule has 0 saturated carbocycles. The van der Waals surface area contributed by atoms with E-state index in [0.717, 1.165) is 0 Å². The average Bonchev–Trinajstić information content (AvgIpc) is 2.16. The van der Waals surface area contributed by atoms with Crippen LogP contribution < -0.4 is 4.74 Å². The monoisotopic (exact) mass is 181 g/mol. The smallest absolute Gasteiger partial charge is 0.300 e. The van der Waals surface area contributed by atoms with Crippen LogP contribution in [0.15, 0.2) is 23.3 Å². The molecule has 0 aliphatic rings. The fourth-order valence-electron chi connectivity index (χ4n) is 0.871. The number of benzene rings is 1. The Kier molecular flexibility index (Phi) is 2.53. The van der Waals surface area contributed by atoms with Gasteiger partial charge in [0, 0.05) is 0 Å². The van der Waals surface area contributed by atoms with E-state index in [0.29, 0.717) is 5.75 Å².